The van der Waals surface area contributed by atoms with Gasteiger partial charge in [-0.25, -0.2) is 0 Å². The molecule has 0 radical (unpaired) electrons. The number of nitrogens with zero attached hydrogens (tertiary/aromatic N) is 1. The van der Waals surface area contributed by atoms with Gasteiger partial charge in [-0.2, -0.15) is 0 Å². The van der Waals surface area contributed by atoms with Crippen molar-refractivity contribution in [2.24, 2.45) is 0 Å². The molecule has 24 heavy (non-hydrogen) atoms. The van der Waals surface area contributed by atoms with E-state index in [0.29, 0.717) is 0 Å². The Morgan fingerprint density at radius 1 is 1.25 bits per heavy atom. The number of aromatic nitrogens is 1. The van der Waals surface area contributed by atoms with Crippen LogP contribution in [-0.2, 0) is 13.0 Å². The number of hydrogen-bond donors (Lipinski definition) is 2. The fourth-order valence-corrected chi connectivity index (χ4v) is 3.79. The number of fused-ring (bicyclic) bond motifs is 1. The molecular formula is C19H23N3OS. The standard InChI is InChI=1S/C19H23N3OS/c1-4-5-13-8-15(10-16(9-13)23-3)21-11-14-12-22-17-6-7-24-19(17)18(14)20-2/h6-10,12,21H,4-5,11H2,1-3H3,(H,20,22). The number of pyridine rings is 1. The quantitative estimate of drug-likeness (QED) is 0.641. The third-order valence-corrected chi connectivity index (χ3v) is 4.95. The number of nitrogens with one attached hydrogen (secondary N) is 2. The zero-order valence-electron chi connectivity index (χ0n) is 14.3. The number of thiophene rings is 1. The first-order chi connectivity index (χ1) is 11.7. The molecule has 0 unspecified atom stereocenters. The molecule has 0 atom stereocenters. The second kappa shape index (κ2) is 7.53. The number of methoxy groups -OCH3 is 1. The third-order valence-electron chi connectivity index (χ3n) is 4.03. The topological polar surface area (TPSA) is 46.2 Å². The van der Waals surface area contributed by atoms with Crippen molar-refractivity contribution in [1.29, 1.82) is 0 Å². The van der Waals surface area contributed by atoms with Crippen molar-refractivity contribution in [2.75, 3.05) is 24.8 Å². The molecule has 2 aromatic heterocycles. The summed E-state index contributed by atoms with van der Waals surface area (Å²) in [6, 6.07) is 8.39. The highest BCUT2D eigenvalue weighted by Crippen LogP contribution is 2.31. The summed E-state index contributed by atoms with van der Waals surface area (Å²) in [6.45, 7) is 2.91. The lowest BCUT2D eigenvalue weighted by Gasteiger charge is -2.14. The van der Waals surface area contributed by atoms with Crippen LogP contribution in [0.1, 0.15) is 24.5 Å². The minimum absolute atomic E-state index is 0.718. The number of anilines is 2. The molecule has 0 amide bonds. The van der Waals surface area contributed by atoms with Crippen LogP contribution in [0.4, 0.5) is 11.4 Å². The molecule has 0 aliphatic rings. The molecule has 4 nitrogen and oxygen atoms in total. The van der Waals surface area contributed by atoms with Crippen LogP contribution < -0.4 is 15.4 Å². The van der Waals surface area contributed by atoms with Crippen molar-refractivity contribution in [2.45, 2.75) is 26.3 Å². The fraction of sp³-hybridized carbons (Fsp3) is 0.316. The molecule has 0 saturated heterocycles. The lowest BCUT2D eigenvalue weighted by atomic mass is 10.1. The van der Waals surface area contributed by atoms with E-state index >= 15 is 0 Å². The van der Waals surface area contributed by atoms with E-state index in [9.17, 15) is 0 Å². The molecule has 2 N–H and O–H groups in total. The molecule has 2 heterocycles. The summed E-state index contributed by atoms with van der Waals surface area (Å²) in [6.07, 6.45) is 4.12. The maximum atomic E-state index is 5.42. The van der Waals surface area contributed by atoms with E-state index in [4.69, 9.17) is 4.74 Å². The van der Waals surface area contributed by atoms with Crippen LogP contribution in [0.2, 0.25) is 0 Å². The number of ether oxygens (including phenoxy) is 1. The zero-order valence-corrected chi connectivity index (χ0v) is 15.2. The summed E-state index contributed by atoms with van der Waals surface area (Å²) in [5.74, 6) is 0.893. The van der Waals surface area contributed by atoms with Crippen LogP contribution in [-0.4, -0.2) is 19.1 Å². The molecule has 0 bridgehead atoms. The zero-order chi connectivity index (χ0) is 16.9. The molecule has 0 aliphatic carbocycles. The van der Waals surface area contributed by atoms with Crippen molar-refractivity contribution >= 4 is 32.9 Å². The molecule has 3 rings (SSSR count). The lowest BCUT2D eigenvalue weighted by Crippen LogP contribution is -2.05. The monoisotopic (exact) mass is 341 g/mol. The molecule has 5 heteroatoms. The van der Waals surface area contributed by atoms with Gasteiger partial charge < -0.3 is 15.4 Å². The van der Waals surface area contributed by atoms with Crippen LogP contribution in [0.25, 0.3) is 10.2 Å². The Morgan fingerprint density at radius 3 is 2.88 bits per heavy atom. The third kappa shape index (κ3) is 3.46. The van der Waals surface area contributed by atoms with Crippen molar-refractivity contribution < 1.29 is 4.74 Å². The average Bonchev–Trinajstić information content (AvgIpc) is 3.08. The highest BCUT2D eigenvalue weighted by Gasteiger charge is 2.09. The Balaban J connectivity index is 1.84. The Bertz CT molecular complexity index is 829. The fourth-order valence-electron chi connectivity index (χ4n) is 2.87. The van der Waals surface area contributed by atoms with E-state index in [0.717, 1.165) is 47.6 Å². The van der Waals surface area contributed by atoms with Crippen LogP contribution in [0.15, 0.2) is 35.8 Å². The van der Waals surface area contributed by atoms with Gasteiger partial charge in [-0.1, -0.05) is 13.3 Å². The highest BCUT2D eigenvalue weighted by molar-refractivity contribution is 7.17. The number of benzene rings is 1. The molecule has 3 aromatic rings. The number of aryl methyl sites for hydroxylation is 1. The maximum Gasteiger partial charge on any atom is 0.121 e. The Hall–Kier alpha value is -2.27. The summed E-state index contributed by atoms with van der Waals surface area (Å²) in [5, 5.41) is 8.91. The van der Waals surface area contributed by atoms with Gasteiger partial charge in [-0.05, 0) is 35.6 Å². The SMILES string of the molecule is CCCc1cc(NCc2cnc3ccsc3c2NC)cc(OC)c1. The smallest absolute Gasteiger partial charge is 0.121 e. The van der Waals surface area contributed by atoms with E-state index in [1.807, 2.05) is 19.3 Å². The summed E-state index contributed by atoms with van der Waals surface area (Å²) >= 11 is 1.72. The van der Waals surface area contributed by atoms with Crippen LogP contribution >= 0.6 is 11.3 Å². The predicted molar refractivity (Wildman–Crippen MR) is 103 cm³/mol. The average molecular weight is 341 g/mol. The molecule has 0 aliphatic heterocycles. The predicted octanol–water partition coefficient (Wildman–Crippen LogP) is 4.91. The van der Waals surface area contributed by atoms with Crippen LogP contribution in [0.5, 0.6) is 5.75 Å². The number of rotatable bonds is 7. The van der Waals surface area contributed by atoms with E-state index in [-0.39, 0.29) is 0 Å². The maximum absolute atomic E-state index is 5.42. The van der Waals surface area contributed by atoms with Crippen molar-refractivity contribution in [3.8, 4) is 5.75 Å². The minimum Gasteiger partial charge on any atom is -0.497 e. The van der Waals surface area contributed by atoms with Gasteiger partial charge in [0.1, 0.15) is 5.75 Å². The minimum atomic E-state index is 0.718. The van der Waals surface area contributed by atoms with Gasteiger partial charge in [0.05, 0.1) is 23.0 Å². The molecule has 1 aromatic carbocycles. The van der Waals surface area contributed by atoms with Crippen molar-refractivity contribution in [3.05, 3.63) is 47.0 Å². The van der Waals surface area contributed by atoms with Crippen LogP contribution in [0.3, 0.4) is 0 Å². The van der Waals surface area contributed by atoms with Gasteiger partial charge >= 0.3 is 0 Å². The van der Waals surface area contributed by atoms with Crippen molar-refractivity contribution in [3.63, 3.8) is 0 Å². The highest BCUT2D eigenvalue weighted by atomic mass is 32.1. The lowest BCUT2D eigenvalue weighted by molar-refractivity contribution is 0.414. The largest absolute Gasteiger partial charge is 0.497 e. The van der Waals surface area contributed by atoms with E-state index in [1.165, 1.54) is 10.3 Å². The van der Waals surface area contributed by atoms with Gasteiger partial charge in [-0.15, -0.1) is 11.3 Å². The first kappa shape index (κ1) is 16.6. The summed E-state index contributed by atoms with van der Waals surface area (Å²) in [4.78, 5) is 4.55. The van der Waals surface area contributed by atoms with Gasteiger partial charge in [0.25, 0.3) is 0 Å². The van der Waals surface area contributed by atoms with Crippen LogP contribution in [0, 0.1) is 0 Å². The normalized spacial score (nSPS) is 10.8. The molecule has 0 saturated carbocycles. The molecule has 126 valence electrons. The van der Waals surface area contributed by atoms with Gasteiger partial charge in [-0.3, -0.25) is 4.98 Å². The molecule has 0 fully saturated rings. The summed E-state index contributed by atoms with van der Waals surface area (Å²) in [5.41, 5.74) is 5.72. The van der Waals surface area contributed by atoms with E-state index < -0.39 is 0 Å². The molecule has 0 spiro atoms. The number of hydrogen-bond acceptors (Lipinski definition) is 5. The first-order valence-corrected chi connectivity index (χ1v) is 9.07. The van der Waals surface area contributed by atoms with E-state index in [1.54, 1.807) is 18.4 Å². The summed E-state index contributed by atoms with van der Waals surface area (Å²) in [7, 11) is 3.67. The summed E-state index contributed by atoms with van der Waals surface area (Å²) < 4.78 is 6.63. The van der Waals surface area contributed by atoms with Gasteiger partial charge in [0.15, 0.2) is 0 Å². The van der Waals surface area contributed by atoms with E-state index in [2.05, 4.69) is 46.1 Å². The second-order valence-electron chi connectivity index (χ2n) is 5.72. The van der Waals surface area contributed by atoms with Gasteiger partial charge in [0, 0.05) is 37.1 Å². The Morgan fingerprint density at radius 2 is 2.12 bits per heavy atom. The molecular weight excluding hydrogens is 318 g/mol. The Labute approximate surface area is 146 Å². The second-order valence-corrected chi connectivity index (χ2v) is 6.63. The first-order valence-electron chi connectivity index (χ1n) is 8.19. The Kier molecular flexibility index (Phi) is 5.20. The van der Waals surface area contributed by atoms with Gasteiger partial charge in [0.2, 0.25) is 0 Å². The van der Waals surface area contributed by atoms with Crippen molar-refractivity contribution in [1.82, 2.24) is 4.98 Å².